The molecule has 1 fully saturated rings. The van der Waals surface area contributed by atoms with Crippen LogP contribution in [0.3, 0.4) is 0 Å². The summed E-state index contributed by atoms with van der Waals surface area (Å²) in [5, 5.41) is 0. The summed E-state index contributed by atoms with van der Waals surface area (Å²) < 4.78 is 7.16. The van der Waals surface area contributed by atoms with Gasteiger partial charge in [0.1, 0.15) is 5.69 Å². The minimum absolute atomic E-state index is 0.0178. The molecule has 3 rings (SSSR count). The number of amides is 1. The van der Waals surface area contributed by atoms with Crippen LogP contribution in [-0.2, 0) is 11.3 Å². The first-order valence-corrected chi connectivity index (χ1v) is 7.93. The lowest BCUT2D eigenvalue weighted by Gasteiger charge is -2.31. The number of hydrogen-bond donors (Lipinski definition) is 0. The molecule has 2 heterocycles. The number of carbonyl (C=O) groups is 1. The van der Waals surface area contributed by atoms with E-state index in [-0.39, 0.29) is 17.6 Å². The Hall–Kier alpha value is -2.21. The molecule has 0 spiro atoms. The van der Waals surface area contributed by atoms with Gasteiger partial charge in [0.25, 0.3) is 11.5 Å². The van der Waals surface area contributed by atoms with Gasteiger partial charge in [-0.05, 0) is 39.0 Å². The van der Waals surface area contributed by atoms with E-state index in [1.165, 1.54) is 0 Å². The lowest BCUT2D eigenvalue weighted by Crippen LogP contribution is -2.44. The molecule has 1 aliphatic heterocycles. The summed E-state index contributed by atoms with van der Waals surface area (Å²) in [5.41, 5.74) is 2.40. The molecular formula is C17H21N3O3. The molecule has 122 valence electrons. The molecule has 1 aromatic carbocycles. The first-order valence-electron chi connectivity index (χ1n) is 7.93. The smallest absolute Gasteiger partial charge is 0.272 e. The van der Waals surface area contributed by atoms with Crippen molar-refractivity contribution in [2.75, 3.05) is 19.7 Å². The molecule has 23 heavy (non-hydrogen) atoms. The van der Waals surface area contributed by atoms with Crippen molar-refractivity contribution in [1.29, 1.82) is 0 Å². The van der Waals surface area contributed by atoms with Gasteiger partial charge in [-0.25, -0.2) is 4.98 Å². The van der Waals surface area contributed by atoms with Gasteiger partial charge < -0.3 is 14.2 Å². The number of ether oxygens (including phenoxy) is 1. The molecule has 0 N–H and O–H groups in total. The Morgan fingerprint density at radius 1 is 1.43 bits per heavy atom. The van der Waals surface area contributed by atoms with Crippen LogP contribution in [0.4, 0.5) is 0 Å². The first kappa shape index (κ1) is 15.7. The Morgan fingerprint density at radius 3 is 2.91 bits per heavy atom. The van der Waals surface area contributed by atoms with Crippen molar-refractivity contribution in [3.63, 3.8) is 0 Å². The maximum Gasteiger partial charge on any atom is 0.272 e. The van der Waals surface area contributed by atoms with Gasteiger partial charge in [-0.2, -0.15) is 0 Å². The van der Waals surface area contributed by atoms with E-state index >= 15 is 0 Å². The second kappa shape index (κ2) is 6.12. The maximum absolute atomic E-state index is 12.7. The van der Waals surface area contributed by atoms with E-state index in [9.17, 15) is 9.59 Å². The quantitative estimate of drug-likeness (QED) is 0.844. The Balaban J connectivity index is 2.01. The fraction of sp³-hybridized carbons (Fsp3) is 0.471. The van der Waals surface area contributed by atoms with Gasteiger partial charge in [0, 0.05) is 25.2 Å². The van der Waals surface area contributed by atoms with Gasteiger partial charge in [-0.3, -0.25) is 9.59 Å². The summed E-state index contributed by atoms with van der Waals surface area (Å²) in [6, 6.07) is 5.35. The third-order valence-electron chi connectivity index (χ3n) is 4.20. The Labute approximate surface area is 134 Å². The summed E-state index contributed by atoms with van der Waals surface area (Å²) in [7, 11) is 0. The largest absolute Gasteiger partial charge is 0.375 e. The van der Waals surface area contributed by atoms with E-state index < -0.39 is 0 Å². The number of fused-ring (bicyclic) bond motifs is 1. The van der Waals surface area contributed by atoms with Gasteiger partial charge >= 0.3 is 0 Å². The number of aromatic nitrogens is 2. The van der Waals surface area contributed by atoms with Crippen molar-refractivity contribution < 1.29 is 9.53 Å². The maximum atomic E-state index is 12.7. The van der Waals surface area contributed by atoms with Crippen molar-refractivity contribution >= 4 is 16.9 Å². The van der Waals surface area contributed by atoms with Crippen molar-refractivity contribution in [1.82, 2.24) is 14.5 Å². The number of carbonyl (C=O) groups excluding carboxylic acids is 1. The fourth-order valence-electron chi connectivity index (χ4n) is 3.01. The lowest BCUT2D eigenvalue weighted by molar-refractivity contribution is -0.0124. The van der Waals surface area contributed by atoms with E-state index in [0.29, 0.717) is 43.0 Å². The van der Waals surface area contributed by atoms with Gasteiger partial charge in [-0.15, -0.1) is 0 Å². The molecule has 0 unspecified atom stereocenters. The predicted molar refractivity (Wildman–Crippen MR) is 87.7 cm³/mol. The van der Waals surface area contributed by atoms with Gasteiger partial charge in [0.15, 0.2) is 0 Å². The lowest BCUT2D eigenvalue weighted by atomic mass is 10.1. The molecule has 1 amide bonds. The number of benzene rings is 1. The average Bonchev–Trinajstić information content (AvgIpc) is 2.55. The summed E-state index contributed by atoms with van der Waals surface area (Å²) in [6.07, 6.45) is 0.0544. The van der Waals surface area contributed by atoms with Crippen LogP contribution in [0.5, 0.6) is 0 Å². The average molecular weight is 315 g/mol. The van der Waals surface area contributed by atoms with Crippen LogP contribution in [0.2, 0.25) is 0 Å². The van der Waals surface area contributed by atoms with Crippen molar-refractivity contribution in [3.05, 3.63) is 39.8 Å². The third-order valence-corrected chi connectivity index (χ3v) is 4.20. The zero-order valence-corrected chi connectivity index (χ0v) is 13.7. The predicted octanol–water partition coefficient (Wildman–Crippen LogP) is 1.59. The van der Waals surface area contributed by atoms with Crippen molar-refractivity contribution in [3.8, 4) is 0 Å². The molecule has 1 aliphatic rings. The summed E-state index contributed by atoms with van der Waals surface area (Å²) in [4.78, 5) is 31.0. The van der Waals surface area contributed by atoms with Gasteiger partial charge in [0.05, 0.1) is 23.7 Å². The fourth-order valence-corrected chi connectivity index (χ4v) is 3.01. The number of aryl methyl sites for hydroxylation is 2. The normalized spacial score (nSPS) is 18.4. The molecule has 6 heteroatoms. The summed E-state index contributed by atoms with van der Waals surface area (Å²) in [5.74, 6) is -0.0178. The van der Waals surface area contributed by atoms with E-state index in [2.05, 4.69) is 4.98 Å². The summed E-state index contributed by atoms with van der Waals surface area (Å²) >= 11 is 0. The van der Waals surface area contributed by atoms with Gasteiger partial charge in [-0.1, -0.05) is 0 Å². The second-order valence-corrected chi connectivity index (χ2v) is 5.88. The first-order chi connectivity index (χ1) is 11.0. The van der Waals surface area contributed by atoms with Crippen LogP contribution in [0.15, 0.2) is 23.0 Å². The molecule has 0 saturated carbocycles. The third kappa shape index (κ3) is 2.86. The van der Waals surface area contributed by atoms with Crippen LogP contribution < -0.4 is 5.56 Å². The highest BCUT2D eigenvalue weighted by molar-refractivity contribution is 5.97. The molecule has 1 aromatic heterocycles. The van der Waals surface area contributed by atoms with E-state index in [0.717, 1.165) is 5.52 Å². The molecule has 6 nitrogen and oxygen atoms in total. The van der Waals surface area contributed by atoms with Crippen molar-refractivity contribution in [2.45, 2.75) is 33.4 Å². The van der Waals surface area contributed by atoms with Crippen LogP contribution in [0, 0.1) is 6.92 Å². The second-order valence-electron chi connectivity index (χ2n) is 5.88. The zero-order chi connectivity index (χ0) is 16.6. The highest BCUT2D eigenvalue weighted by atomic mass is 16.5. The SMILES string of the molecule is CCn1c(=O)c(C)nc2cc(C(=O)N3CCO[C@H](C)C3)ccc21. The number of hydrogen-bond acceptors (Lipinski definition) is 4. The van der Waals surface area contributed by atoms with Crippen LogP contribution >= 0.6 is 0 Å². The molecule has 2 aromatic rings. The minimum atomic E-state index is -0.0823. The molecule has 0 radical (unpaired) electrons. The highest BCUT2D eigenvalue weighted by Crippen LogP contribution is 2.16. The van der Waals surface area contributed by atoms with Gasteiger partial charge in [0.2, 0.25) is 0 Å². The number of rotatable bonds is 2. The Morgan fingerprint density at radius 2 is 2.22 bits per heavy atom. The highest BCUT2D eigenvalue weighted by Gasteiger charge is 2.23. The number of morpholine rings is 1. The van der Waals surface area contributed by atoms with E-state index in [4.69, 9.17) is 4.74 Å². The number of nitrogens with zero attached hydrogens (tertiary/aromatic N) is 3. The topological polar surface area (TPSA) is 64.4 Å². The molecule has 1 saturated heterocycles. The molecule has 0 aliphatic carbocycles. The molecule has 0 bridgehead atoms. The summed E-state index contributed by atoms with van der Waals surface area (Å²) in [6.45, 7) is 7.92. The Kier molecular flexibility index (Phi) is 4.17. The zero-order valence-electron chi connectivity index (χ0n) is 13.7. The van der Waals surface area contributed by atoms with Crippen LogP contribution in [-0.4, -0.2) is 46.2 Å². The van der Waals surface area contributed by atoms with E-state index in [1.54, 1.807) is 28.5 Å². The minimum Gasteiger partial charge on any atom is -0.375 e. The molecular weight excluding hydrogens is 294 g/mol. The van der Waals surface area contributed by atoms with Crippen LogP contribution in [0.1, 0.15) is 29.9 Å². The van der Waals surface area contributed by atoms with Crippen LogP contribution in [0.25, 0.3) is 11.0 Å². The van der Waals surface area contributed by atoms with E-state index in [1.807, 2.05) is 19.9 Å². The monoisotopic (exact) mass is 315 g/mol. The molecule has 1 atom stereocenters. The van der Waals surface area contributed by atoms with Crippen molar-refractivity contribution in [2.24, 2.45) is 0 Å². The standard InChI is InChI=1S/C17H21N3O3/c1-4-20-15-6-5-13(9-14(15)18-12(3)16(20)21)17(22)19-7-8-23-11(2)10-19/h5-6,9,11H,4,7-8,10H2,1-3H3/t11-/m1/s1. The Bertz CT molecular complexity index is 813.